The molecule has 0 amide bonds. The zero-order chi connectivity index (χ0) is 39.0. The number of rotatable bonds is 5. The van der Waals surface area contributed by atoms with Crippen LogP contribution in [0.3, 0.4) is 0 Å². The molecule has 0 unspecified atom stereocenters. The van der Waals surface area contributed by atoms with Gasteiger partial charge in [-0.2, -0.15) is 24.4 Å². The van der Waals surface area contributed by atoms with Gasteiger partial charge in [0.15, 0.2) is 0 Å². The molecule has 1 atom stereocenters. The molecule has 4 aromatic carbocycles. The van der Waals surface area contributed by atoms with E-state index in [9.17, 15) is 4.79 Å². The monoisotopic (exact) mass is 917 g/mol. The van der Waals surface area contributed by atoms with Gasteiger partial charge in [-0.1, -0.05) is 95.8 Å². The summed E-state index contributed by atoms with van der Waals surface area (Å²) < 4.78 is 0. The Kier molecular flexibility index (Phi) is 11.4. The molecule has 6 aromatic rings. The molecule has 0 spiro atoms. The first kappa shape index (κ1) is 40.1. The third-order valence-corrected chi connectivity index (χ3v) is 9.99. The van der Waals surface area contributed by atoms with Crippen molar-refractivity contribution in [1.29, 1.82) is 0 Å². The molecular weight excluding hydrogens is 871 g/mol. The summed E-state index contributed by atoms with van der Waals surface area (Å²) in [6.45, 7) is 15.8. The van der Waals surface area contributed by atoms with Gasteiger partial charge in [0.1, 0.15) is 5.69 Å². The second-order valence-electron chi connectivity index (χ2n) is 15.9. The maximum atomic E-state index is 10.1. The molecule has 8 heteroatoms. The van der Waals surface area contributed by atoms with Gasteiger partial charge in [-0.25, -0.2) is 9.78 Å². The number of fused-ring (bicyclic) bond motifs is 2. The number of nitrogens with zero attached hydrogens (tertiary/aromatic N) is 5. The SMILES string of the molecule is CN1C=CN([C@@]2(c3cccc(-c4[c-]cccc4)n3)c3[c-]c(C(C)(C)C)ccc3N(c3ccccc3)c3ccc(C(C)(C)C)cc32)[CH-]1.O=C(O)c1ccccn1.[Ir+3]. The third-order valence-electron chi connectivity index (χ3n) is 9.99. The van der Waals surface area contributed by atoms with Crippen molar-refractivity contribution in [3.05, 3.63) is 192 Å². The maximum Gasteiger partial charge on any atom is 3.00 e. The summed E-state index contributed by atoms with van der Waals surface area (Å²) in [5.41, 5.74) is 9.85. The van der Waals surface area contributed by atoms with Gasteiger partial charge in [0.05, 0.1) is 11.2 Å². The van der Waals surface area contributed by atoms with Crippen molar-refractivity contribution in [3.63, 3.8) is 0 Å². The Morgan fingerprint density at radius 3 is 2.12 bits per heavy atom. The van der Waals surface area contributed by atoms with Crippen molar-refractivity contribution in [2.45, 2.75) is 57.9 Å². The molecule has 2 aliphatic rings. The zero-order valence-corrected chi connectivity index (χ0v) is 35.2. The molecule has 1 N–H and O–H groups in total. The first-order valence-electron chi connectivity index (χ1n) is 18.5. The van der Waals surface area contributed by atoms with Crippen LogP contribution in [0.4, 0.5) is 17.1 Å². The minimum absolute atomic E-state index is 0. The van der Waals surface area contributed by atoms with Gasteiger partial charge in [-0.15, -0.1) is 47.5 Å². The molecule has 7 nitrogen and oxygen atoms in total. The summed E-state index contributed by atoms with van der Waals surface area (Å²) in [4.78, 5) is 26.1. The maximum absolute atomic E-state index is 10.1. The molecular formula is C48H46IrN5O2. The second-order valence-corrected chi connectivity index (χ2v) is 15.9. The molecule has 0 bridgehead atoms. The van der Waals surface area contributed by atoms with Gasteiger partial charge in [0, 0.05) is 23.1 Å². The average Bonchev–Trinajstić information content (AvgIpc) is 3.63. The van der Waals surface area contributed by atoms with Crippen LogP contribution in [0.5, 0.6) is 0 Å². The minimum Gasteiger partial charge on any atom is -0.511 e. The molecule has 0 saturated heterocycles. The van der Waals surface area contributed by atoms with Gasteiger partial charge >= 0.3 is 26.1 Å². The van der Waals surface area contributed by atoms with Crippen LogP contribution >= 0.6 is 0 Å². The molecule has 56 heavy (non-hydrogen) atoms. The van der Waals surface area contributed by atoms with Crippen LogP contribution in [0.1, 0.15) is 80.0 Å². The van der Waals surface area contributed by atoms with Crippen LogP contribution in [0.15, 0.2) is 140 Å². The Morgan fingerprint density at radius 1 is 0.786 bits per heavy atom. The van der Waals surface area contributed by atoms with Gasteiger partial charge in [0.2, 0.25) is 0 Å². The van der Waals surface area contributed by atoms with Crippen molar-refractivity contribution < 1.29 is 30.0 Å². The molecule has 2 aromatic heterocycles. The fourth-order valence-corrected chi connectivity index (χ4v) is 7.14. The number of hydrogen-bond acceptors (Lipinski definition) is 6. The third kappa shape index (κ3) is 7.64. The van der Waals surface area contributed by atoms with Crippen molar-refractivity contribution in [1.82, 2.24) is 19.8 Å². The van der Waals surface area contributed by atoms with E-state index in [0.717, 1.165) is 50.7 Å². The number of benzene rings is 4. The average molecular weight is 917 g/mol. The van der Waals surface area contributed by atoms with Crippen LogP contribution in [-0.2, 0) is 36.5 Å². The molecule has 0 saturated carbocycles. The number of carbonyl (C=O) groups is 1. The number of anilines is 3. The van der Waals surface area contributed by atoms with E-state index in [1.54, 1.807) is 12.1 Å². The summed E-state index contributed by atoms with van der Waals surface area (Å²) in [6.07, 6.45) is 5.74. The number of carboxylic acids is 1. The van der Waals surface area contributed by atoms with Crippen molar-refractivity contribution in [3.8, 4) is 11.3 Å². The summed E-state index contributed by atoms with van der Waals surface area (Å²) in [7, 11) is 2.08. The predicted octanol–water partition coefficient (Wildman–Crippen LogP) is 10.6. The van der Waals surface area contributed by atoms with Crippen molar-refractivity contribution >= 4 is 23.0 Å². The van der Waals surface area contributed by atoms with E-state index in [1.807, 2.05) is 18.2 Å². The fourth-order valence-electron chi connectivity index (χ4n) is 7.14. The summed E-state index contributed by atoms with van der Waals surface area (Å²) >= 11 is 0. The normalized spacial score (nSPS) is 15.9. The van der Waals surface area contributed by atoms with Crippen molar-refractivity contribution in [2.24, 2.45) is 0 Å². The molecule has 0 aliphatic carbocycles. The van der Waals surface area contributed by atoms with Crippen LogP contribution in [-0.4, -0.2) is 37.9 Å². The van der Waals surface area contributed by atoms with Crippen LogP contribution < -0.4 is 4.90 Å². The smallest absolute Gasteiger partial charge is 0.511 e. The first-order valence-corrected chi connectivity index (χ1v) is 18.5. The minimum atomic E-state index is -0.990. The summed E-state index contributed by atoms with van der Waals surface area (Å²) in [5.74, 6) is -0.990. The van der Waals surface area contributed by atoms with Crippen LogP contribution in [0, 0.1) is 18.8 Å². The van der Waals surface area contributed by atoms with E-state index in [2.05, 4.69) is 184 Å². The molecule has 8 rings (SSSR count). The van der Waals surface area contributed by atoms with E-state index in [0.29, 0.717) is 0 Å². The topological polar surface area (TPSA) is 72.8 Å². The van der Waals surface area contributed by atoms with E-state index in [-0.39, 0.29) is 36.6 Å². The van der Waals surface area contributed by atoms with Crippen molar-refractivity contribution in [2.75, 3.05) is 11.9 Å². The Bertz CT molecular complexity index is 2270. The summed E-state index contributed by atoms with van der Waals surface area (Å²) in [6, 6.07) is 48.9. The summed E-state index contributed by atoms with van der Waals surface area (Å²) in [5, 5.41) is 8.32. The Balaban J connectivity index is 0.000000470. The number of hydrogen-bond donors (Lipinski definition) is 1. The quantitative estimate of drug-likeness (QED) is 0.173. The molecule has 0 radical (unpaired) electrons. The Hall–Kier alpha value is -5.56. The van der Waals surface area contributed by atoms with Gasteiger partial charge < -0.3 is 19.8 Å². The molecule has 2 aliphatic heterocycles. The molecule has 4 heterocycles. The molecule has 0 fully saturated rings. The predicted molar refractivity (Wildman–Crippen MR) is 220 cm³/mol. The number of pyridine rings is 2. The van der Waals surface area contributed by atoms with E-state index >= 15 is 0 Å². The van der Waals surface area contributed by atoms with E-state index in [4.69, 9.17) is 10.1 Å². The fraction of sp³-hybridized carbons (Fsp3) is 0.208. The van der Waals surface area contributed by atoms with E-state index in [1.165, 1.54) is 17.8 Å². The first-order chi connectivity index (χ1) is 26.3. The number of aromatic carboxylic acids is 1. The molecule has 284 valence electrons. The number of carboxylic acid groups (broad SMARTS) is 1. The number of aromatic nitrogens is 2. The van der Waals surface area contributed by atoms with Gasteiger partial charge in [0.25, 0.3) is 0 Å². The zero-order valence-electron chi connectivity index (χ0n) is 32.8. The van der Waals surface area contributed by atoms with Gasteiger partial charge in [-0.3, -0.25) is 4.98 Å². The Morgan fingerprint density at radius 2 is 1.52 bits per heavy atom. The largest absolute Gasteiger partial charge is 3.00 e. The number of para-hydroxylation sites is 1. The van der Waals surface area contributed by atoms with E-state index < -0.39 is 11.5 Å². The second kappa shape index (κ2) is 15.9. The Labute approximate surface area is 344 Å². The van der Waals surface area contributed by atoms with Crippen LogP contribution in [0.25, 0.3) is 11.3 Å². The van der Waals surface area contributed by atoms with Gasteiger partial charge in [-0.05, 0) is 77.9 Å². The van der Waals surface area contributed by atoms with Crippen LogP contribution in [0.2, 0.25) is 0 Å². The standard InChI is InChI=1S/C42H41N4.C6H5NO2.Ir/c1-40(2,3)31-21-23-37-34(27-31)42(45-26-25-44(7)29-45,39-20-14-19-36(43-39)30-15-10-8-11-16-30)35-28-32(41(4,5)6)22-24-38(35)46(37)33-17-12-9-13-18-33;8-6(9)5-3-1-2-4-7-5;/h8-15,17-27,29H,1-7H3;1-4H,(H,8,9);/q-3;;+3/t42-;;/m1../s1.